The first-order valence-corrected chi connectivity index (χ1v) is 10.9. The quantitative estimate of drug-likeness (QED) is 0.323. The number of rotatable bonds is 9. The maximum absolute atomic E-state index is 11.8. The van der Waals surface area contributed by atoms with Crippen molar-refractivity contribution in [2.45, 2.75) is 12.5 Å². The number of nitrogens with two attached hydrogens (primary N) is 1. The van der Waals surface area contributed by atoms with Gasteiger partial charge in [0.25, 0.3) is 0 Å². The van der Waals surface area contributed by atoms with Gasteiger partial charge in [-0.1, -0.05) is 23.7 Å². The molecular formula is C24H24ClN5O4. The molecule has 0 bridgehead atoms. The minimum atomic E-state index is -1.08. The monoisotopic (exact) mass is 481 g/mol. The molecule has 176 valence electrons. The number of benzene rings is 2. The highest BCUT2D eigenvalue weighted by Gasteiger charge is 2.17. The maximum atomic E-state index is 11.8. The van der Waals surface area contributed by atoms with Gasteiger partial charge in [0.15, 0.2) is 11.5 Å². The van der Waals surface area contributed by atoms with Crippen molar-refractivity contribution in [2.75, 3.05) is 26.1 Å². The highest BCUT2D eigenvalue weighted by atomic mass is 35.5. The Morgan fingerprint density at radius 1 is 1.18 bits per heavy atom. The number of halogens is 1. The van der Waals surface area contributed by atoms with Gasteiger partial charge in [-0.3, -0.25) is 4.57 Å². The number of pyridine rings is 1. The van der Waals surface area contributed by atoms with Crippen molar-refractivity contribution in [1.29, 1.82) is 0 Å². The molecule has 1 atom stereocenters. The van der Waals surface area contributed by atoms with E-state index in [0.29, 0.717) is 40.8 Å². The predicted octanol–water partition coefficient (Wildman–Crippen LogP) is 4.29. The molecule has 2 aromatic heterocycles. The van der Waals surface area contributed by atoms with Gasteiger partial charge in [-0.2, -0.15) is 0 Å². The Bertz CT molecular complexity index is 1340. The molecule has 10 heteroatoms. The van der Waals surface area contributed by atoms with Gasteiger partial charge in [-0.15, -0.1) is 0 Å². The van der Waals surface area contributed by atoms with Crippen LogP contribution in [0.25, 0.3) is 16.9 Å². The summed E-state index contributed by atoms with van der Waals surface area (Å²) in [6.45, 7) is 0.417. The van der Waals surface area contributed by atoms with E-state index in [1.165, 1.54) is 6.07 Å². The molecule has 4 rings (SSSR count). The van der Waals surface area contributed by atoms with Gasteiger partial charge in [-0.05, 0) is 36.2 Å². The normalized spacial score (nSPS) is 11.9. The molecule has 4 N–H and O–H groups in total. The van der Waals surface area contributed by atoms with E-state index >= 15 is 0 Å². The summed E-state index contributed by atoms with van der Waals surface area (Å²) in [5.74, 6) is 0.773. The van der Waals surface area contributed by atoms with Crippen molar-refractivity contribution >= 4 is 34.4 Å². The molecule has 0 aliphatic heterocycles. The second-order valence-corrected chi connectivity index (χ2v) is 7.99. The van der Waals surface area contributed by atoms with E-state index in [4.69, 9.17) is 26.8 Å². The molecule has 0 unspecified atom stereocenters. The molecule has 2 aromatic carbocycles. The number of nitrogens with one attached hydrogen (secondary N) is 1. The van der Waals surface area contributed by atoms with E-state index < -0.39 is 5.97 Å². The standard InChI is InChI=1S/C24H24ClN5O4/c1-33-20-11-18-19(12-21(20)34-2)30(13-28-18)22-7-6-16(24(31)32)23(29-22)27-9-8-17(26)14-4-3-5-15(25)10-14/h3-7,10-13,17H,8-9,26H2,1-2H3,(H,27,29)(H,31,32)/t17-/m0/s1. The van der Waals surface area contributed by atoms with Crippen molar-refractivity contribution in [1.82, 2.24) is 14.5 Å². The van der Waals surface area contributed by atoms with E-state index in [9.17, 15) is 9.90 Å². The lowest BCUT2D eigenvalue weighted by Crippen LogP contribution is -2.17. The molecule has 0 radical (unpaired) electrons. The lowest BCUT2D eigenvalue weighted by molar-refractivity contribution is 0.0697. The van der Waals surface area contributed by atoms with Gasteiger partial charge in [0.2, 0.25) is 0 Å². The number of carboxylic acids is 1. The number of methoxy groups -OCH3 is 2. The van der Waals surface area contributed by atoms with E-state index in [1.807, 2.05) is 18.2 Å². The van der Waals surface area contributed by atoms with Crippen LogP contribution in [0.1, 0.15) is 28.4 Å². The Hall–Kier alpha value is -3.82. The van der Waals surface area contributed by atoms with Crippen molar-refractivity contribution in [3.8, 4) is 17.3 Å². The first-order valence-electron chi connectivity index (χ1n) is 10.5. The summed E-state index contributed by atoms with van der Waals surface area (Å²) >= 11 is 6.05. The Morgan fingerprint density at radius 3 is 2.65 bits per heavy atom. The number of hydrogen-bond donors (Lipinski definition) is 3. The summed E-state index contributed by atoms with van der Waals surface area (Å²) in [7, 11) is 3.11. The number of imidazole rings is 1. The van der Waals surface area contributed by atoms with Crippen molar-refractivity contribution in [3.05, 3.63) is 71.0 Å². The van der Waals surface area contributed by atoms with Crippen LogP contribution in [0, 0.1) is 0 Å². The molecule has 0 aliphatic rings. The number of fused-ring (bicyclic) bond motifs is 1. The van der Waals surface area contributed by atoms with E-state index in [0.717, 1.165) is 11.1 Å². The third-order valence-corrected chi connectivity index (χ3v) is 5.67. The zero-order valence-corrected chi connectivity index (χ0v) is 19.4. The van der Waals surface area contributed by atoms with Gasteiger partial charge >= 0.3 is 5.97 Å². The van der Waals surface area contributed by atoms with Crippen molar-refractivity contribution < 1.29 is 19.4 Å². The zero-order chi connectivity index (χ0) is 24.2. The Kier molecular flexibility index (Phi) is 6.85. The van der Waals surface area contributed by atoms with Crippen LogP contribution in [0.3, 0.4) is 0 Å². The maximum Gasteiger partial charge on any atom is 0.339 e. The van der Waals surface area contributed by atoms with Crippen LogP contribution in [-0.2, 0) is 0 Å². The number of aromatic carboxylic acids is 1. The number of anilines is 1. The molecule has 0 saturated carbocycles. The Morgan fingerprint density at radius 2 is 1.94 bits per heavy atom. The summed E-state index contributed by atoms with van der Waals surface area (Å²) in [4.78, 5) is 20.8. The number of carbonyl (C=O) groups is 1. The SMILES string of the molecule is COc1cc2ncn(-c3ccc(C(=O)O)c(NCC[C@H](N)c4cccc(Cl)c4)n3)c2cc1OC. The van der Waals surface area contributed by atoms with Crippen LogP contribution in [-0.4, -0.2) is 46.4 Å². The van der Waals surface area contributed by atoms with E-state index in [-0.39, 0.29) is 17.4 Å². The van der Waals surface area contributed by atoms with Crippen LogP contribution in [0.15, 0.2) is 54.9 Å². The second-order valence-electron chi connectivity index (χ2n) is 7.56. The highest BCUT2D eigenvalue weighted by Crippen LogP contribution is 2.32. The third-order valence-electron chi connectivity index (χ3n) is 5.43. The average Bonchev–Trinajstić information content (AvgIpc) is 3.25. The molecule has 2 heterocycles. The van der Waals surface area contributed by atoms with E-state index in [1.54, 1.807) is 49.4 Å². The van der Waals surface area contributed by atoms with E-state index in [2.05, 4.69) is 15.3 Å². The third kappa shape index (κ3) is 4.75. The smallest absolute Gasteiger partial charge is 0.339 e. The largest absolute Gasteiger partial charge is 0.493 e. The summed E-state index contributed by atoms with van der Waals surface area (Å²) in [5.41, 5.74) is 8.66. The summed E-state index contributed by atoms with van der Waals surface area (Å²) in [5, 5.41) is 13.4. The summed E-state index contributed by atoms with van der Waals surface area (Å²) < 4.78 is 12.5. The number of hydrogen-bond acceptors (Lipinski definition) is 7. The molecule has 0 saturated heterocycles. The first kappa shape index (κ1) is 23.3. The number of nitrogens with zero attached hydrogens (tertiary/aromatic N) is 3. The molecule has 0 fully saturated rings. The molecule has 34 heavy (non-hydrogen) atoms. The van der Waals surface area contributed by atoms with Crippen molar-refractivity contribution in [2.24, 2.45) is 5.73 Å². The number of aromatic nitrogens is 3. The molecule has 0 amide bonds. The van der Waals surface area contributed by atoms with Gasteiger partial charge in [0.1, 0.15) is 23.5 Å². The van der Waals surface area contributed by atoms with Gasteiger partial charge < -0.3 is 25.6 Å². The number of ether oxygens (including phenoxy) is 2. The predicted molar refractivity (Wildman–Crippen MR) is 130 cm³/mol. The van der Waals surface area contributed by atoms with Crippen LogP contribution >= 0.6 is 11.6 Å². The van der Waals surface area contributed by atoms with Crippen LogP contribution < -0.4 is 20.5 Å². The minimum Gasteiger partial charge on any atom is -0.493 e. The van der Waals surface area contributed by atoms with Gasteiger partial charge in [0.05, 0.1) is 25.3 Å². The molecule has 9 nitrogen and oxygen atoms in total. The van der Waals surface area contributed by atoms with Crippen LogP contribution in [0.5, 0.6) is 11.5 Å². The molecule has 0 spiro atoms. The summed E-state index contributed by atoms with van der Waals surface area (Å²) in [6.07, 6.45) is 2.17. The fourth-order valence-electron chi connectivity index (χ4n) is 3.66. The topological polar surface area (TPSA) is 125 Å². The lowest BCUT2D eigenvalue weighted by Gasteiger charge is -2.15. The fourth-order valence-corrected chi connectivity index (χ4v) is 3.86. The summed E-state index contributed by atoms with van der Waals surface area (Å²) in [6, 6.07) is 13.8. The number of carboxylic acid groups (broad SMARTS) is 1. The van der Waals surface area contributed by atoms with Crippen LogP contribution in [0.4, 0.5) is 5.82 Å². The first-order chi connectivity index (χ1) is 16.4. The Balaban J connectivity index is 1.61. The molecular weight excluding hydrogens is 458 g/mol. The average molecular weight is 482 g/mol. The van der Waals surface area contributed by atoms with Gasteiger partial charge in [-0.25, -0.2) is 14.8 Å². The lowest BCUT2D eigenvalue weighted by atomic mass is 10.0. The van der Waals surface area contributed by atoms with Gasteiger partial charge in [0, 0.05) is 29.7 Å². The fraction of sp³-hybridized carbons (Fsp3) is 0.208. The molecule has 0 aliphatic carbocycles. The Labute approximate surface area is 201 Å². The molecule has 4 aromatic rings. The van der Waals surface area contributed by atoms with Crippen LogP contribution in [0.2, 0.25) is 5.02 Å². The minimum absolute atomic E-state index is 0.0590. The highest BCUT2D eigenvalue weighted by molar-refractivity contribution is 6.30. The second kappa shape index (κ2) is 9.98. The van der Waals surface area contributed by atoms with Crippen molar-refractivity contribution in [3.63, 3.8) is 0 Å². The zero-order valence-electron chi connectivity index (χ0n) is 18.7.